The van der Waals surface area contributed by atoms with E-state index < -0.39 is 0 Å². The Hall–Kier alpha value is -8.68. The first-order valence-electron chi connectivity index (χ1n) is 28.2. The van der Waals surface area contributed by atoms with Gasteiger partial charge in [0.1, 0.15) is 22.2 Å². The molecule has 464 valence electrons. The quantitative estimate of drug-likeness (QED) is 0.168. The van der Waals surface area contributed by atoms with Crippen molar-refractivity contribution in [2.45, 2.75) is 168 Å². The predicted molar refractivity (Wildman–Crippen MR) is 376 cm³/mol. The van der Waals surface area contributed by atoms with Crippen molar-refractivity contribution in [2.24, 2.45) is 0 Å². The number of hydrogen-bond acceptors (Lipinski definition) is 11. The van der Waals surface area contributed by atoms with Gasteiger partial charge in [0.15, 0.2) is 28.1 Å². The molecule has 13 rings (SSSR count). The summed E-state index contributed by atoms with van der Waals surface area (Å²) in [5.74, 6) is 3.55. The van der Waals surface area contributed by atoms with Gasteiger partial charge >= 0.3 is 0 Å². The molecule has 0 amide bonds. The molecular weight excluding hydrogens is 1100 g/mol. The number of para-hydroxylation sites is 6. The van der Waals surface area contributed by atoms with Crippen LogP contribution in [0, 0.1) is 0 Å². The largest absolute Gasteiger partial charge is 0.438 e. The van der Waals surface area contributed by atoms with Crippen LogP contribution in [0.15, 0.2) is 197 Å². The Morgan fingerprint density at radius 3 is 1.36 bits per heavy atom. The first-order chi connectivity index (χ1) is 39.3. The third-order valence-corrected chi connectivity index (χ3v) is 14.7. The number of hydrogen-bond donors (Lipinski definition) is 0. The second-order valence-corrected chi connectivity index (χ2v) is 26.6. The topological polar surface area (TPSA) is 139 Å². The number of benzene rings is 5. The molecule has 0 N–H and O–H groups in total. The lowest BCUT2D eigenvalue weighted by atomic mass is 9.87. The smallest absolute Gasteiger partial charge is 0.227 e. The average Bonchev–Trinajstić information content (AvgIpc) is 1.66. The zero-order valence-corrected chi connectivity index (χ0v) is 51.4. The number of rotatable bonds is 3. The molecule has 8 heterocycles. The van der Waals surface area contributed by atoms with Crippen LogP contribution in [-0.4, -0.2) is 49.0 Å². The van der Waals surface area contributed by atoms with E-state index in [1.54, 1.807) is 29.9 Å². The van der Waals surface area contributed by atoms with E-state index in [4.69, 9.17) is 18.8 Å². The summed E-state index contributed by atoms with van der Waals surface area (Å²) in [4.78, 5) is 35.5. The fourth-order valence-electron chi connectivity index (χ4n) is 8.91. The monoisotopic (exact) mass is 1200 g/mol. The van der Waals surface area contributed by atoms with Gasteiger partial charge in [-0.3, -0.25) is 9.13 Å². The molecule has 88 heavy (non-hydrogen) atoms. The highest BCUT2D eigenvalue weighted by molar-refractivity contribution is 7.18. The van der Waals surface area contributed by atoms with Gasteiger partial charge in [0.2, 0.25) is 11.8 Å². The first kappa shape index (κ1) is 71.8. The van der Waals surface area contributed by atoms with Crippen LogP contribution in [0.4, 0.5) is 0 Å². The van der Waals surface area contributed by atoms with E-state index >= 15 is 0 Å². The molecule has 0 spiro atoms. The van der Waals surface area contributed by atoms with Crippen LogP contribution < -0.4 is 0 Å². The summed E-state index contributed by atoms with van der Waals surface area (Å²) in [6.45, 7) is 32.5. The Labute approximate surface area is 528 Å². The number of imidazole rings is 2. The number of pyridine rings is 3. The Kier molecular flexibility index (Phi) is 23.9. The molecule has 8 aromatic heterocycles. The van der Waals surface area contributed by atoms with E-state index in [-0.39, 0.29) is 64.2 Å². The maximum Gasteiger partial charge on any atom is 0.227 e. The van der Waals surface area contributed by atoms with Crippen molar-refractivity contribution in [3.8, 4) is 22.8 Å². The van der Waals surface area contributed by atoms with Gasteiger partial charge in [-0.15, -0.1) is 11.3 Å². The maximum atomic E-state index is 5.77. The Bertz CT molecular complexity index is 3920. The number of nitrogens with zero attached hydrogens (tertiary/aromatic N) is 10. The highest BCUT2D eigenvalue weighted by atomic mass is 32.1. The lowest BCUT2D eigenvalue weighted by molar-refractivity contribution is 0.411. The lowest BCUT2D eigenvalue weighted by Crippen LogP contribution is -2.18. The van der Waals surface area contributed by atoms with Crippen molar-refractivity contribution < 1.29 is 8.83 Å². The van der Waals surface area contributed by atoms with E-state index in [0.29, 0.717) is 11.5 Å². The Morgan fingerprint density at radius 2 is 0.830 bits per heavy atom. The van der Waals surface area contributed by atoms with Crippen molar-refractivity contribution >= 4 is 66.2 Å². The molecule has 0 aliphatic rings. The molecule has 13 heteroatoms. The van der Waals surface area contributed by atoms with Crippen LogP contribution in [0.2, 0.25) is 0 Å². The standard InChI is InChI=1S/C17H18N2.C17H17NO.C16H17N3.C10H12N2O.C10H12N2S.5CH4/c1-17(2,3)16-18-14-11-7-8-12-15(14)19(16)13-9-5-4-6-10-13;1-17(2,3)13-10-8-12(9-11-13)16-18-14-6-4-5-7-15(14)19-16;1-16(2,3)15-18-14-13(10-7-11-17-14)19(15)12-8-5-4-6-9-12;2*1-10(2,3)9-12-8-7(13-9)5-4-6-11-8;;;;;/h4-12H,1-3H3;2*4-11H,1-3H3;2*4-6H,1-3H3;5*1H4. The van der Waals surface area contributed by atoms with Gasteiger partial charge in [-0.1, -0.05) is 214 Å². The molecule has 0 bridgehead atoms. The van der Waals surface area contributed by atoms with Gasteiger partial charge in [0.25, 0.3) is 0 Å². The summed E-state index contributed by atoms with van der Waals surface area (Å²) in [6.07, 6.45) is 5.29. The van der Waals surface area contributed by atoms with Gasteiger partial charge in [-0.2, -0.15) is 4.98 Å². The van der Waals surface area contributed by atoms with Crippen molar-refractivity contribution in [3.63, 3.8) is 0 Å². The summed E-state index contributed by atoms with van der Waals surface area (Å²) < 4.78 is 17.0. The molecule has 0 saturated carbocycles. The van der Waals surface area contributed by atoms with E-state index in [0.717, 1.165) is 72.8 Å². The second kappa shape index (κ2) is 29.3. The number of thiazole rings is 1. The van der Waals surface area contributed by atoms with E-state index in [1.165, 1.54) is 21.5 Å². The summed E-state index contributed by atoms with van der Waals surface area (Å²) >= 11 is 1.73. The van der Waals surface area contributed by atoms with Crippen LogP contribution in [-0.2, 0) is 27.1 Å². The normalized spacial score (nSPS) is 11.4. The Balaban J connectivity index is 0.000000234. The Morgan fingerprint density at radius 1 is 0.352 bits per heavy atom. The van der Waals surface area contributed by atoms with Crippen molar-refractivity contribution in [2.75, 3.05) is 0 Å². The minimum Gasteiger partial charge on any atom is -0.438 e. The molecule has 0 radical (unpaired) electrons. The van der Waals surface area contributed by atoms with Crippen LogP contribution in [0.1, 0.15) is 169 Å². The van der Waals surface area contributed by atoms with Gasteiger partial charge in [0.05, 0.1) is 21.3 Å². The molecule has 5 aromatic carbocycles. The molecule has 0 aliphatic carbocycles. The summed E-state index contributed by atoms with van der Waals surface area (Å²) in [5, 5.41) is 1.15. The summed E-state index contributed by atoms with van der Waals surface area (Å²) in [7, 11) is 0. The van der Waals surface area contributed by atoms with Crippen molar-refractivity contribution in [3.05, 3.63) is 217 Å². The molecule has 0 atom stereocenters. The van der Waals surface area contributed by atoms with Crippen molar-refractivity contribution in [1.29, 1.82) is 0 Å². The van der Waals surface area contributed by atoms with Gasteiger partial charge in [-0.25, -0.2) is 34.9 Å². The fraction of sp³-hybridized carbons (Fsp3) is 0.333. The summed E-state index contributed by atoms with van der Waals surface area (Å²) in [6, 6.07) is 57.1. The molecular formula is C75H96N10O2S. The maximum absolute atomic E-state index is 5.77. The van der Waals surface area contributed by atoms with Gasteiger partial charge in [0, 0.05) is 57.2 Å². The van der Waals surface area contributed by atoms with E-state index in [1.807, 2.05) is 78.9 Å². The predicted octanol–water partition coefficient (Wildman–Crippen LogP) is 21.5. The zero-order chi connectivity index (χ0) is 59.3. The highest BCUT2D eigenvalue weighted by Crippen LogP contribution is 2.33. The molecule has 12 nitrogen and oxygen atoms in total. The highest BCUT2D eigenvalue weighted by Gasteiger charge is 2.26. The number of oxazole rings is 2. The third kappa shape index (κ3) is 17.1. The van der Waals surface area contributed by atoms with Crippen LogP contribution in [0.5, 0.6) is 0 Å². The van der Waals surface area contributed by atoms with Crippen LogP contribution in [0.25, 0.3) is 77.7 Å². The minimum atomic E-state index is -0.0549. The number of fused-ring (bicyclic) bond motifs is 5. The molecule has 0 unspecified atom stereocenters. The van der Waals surface area contributed by atoms with E-state index in [9.17, 15) is 0 Å². The fourth-order valence-corrected chi connectivity index (χ4v) is 9.89. The van der Waals surface area contributed by atoms with Crippen LogP contribution >= 0.6 is 11.3 Å². The molecule has 0 fully saturated rings. The van der Waals surface area contributed by atoms with Gasteiger partial charge in [-0.05, 0) is 108 Å². The van der Waals surface area contributed by atoms with Crippen molar-refractivity contribution in [1.82, 2.24) is 49.0 Å². The molecule has 0 saturated heterocycles. The SMILES string of the molecule is C.C.C.C.C.CC(C)(C)c1ccc(-c2nc3ccccc3o2)cc1.CC(C)(C)c1nc2ccccc2n1-c1ccccc1.CC(C)(C)c1nc2ncccc2n1-c1ccccc1.CC(C)(C)c1nc2ncccc2o1.CC(C)(C)c1nc2ncccc2s1. The first-order valence-corrected chi connectivity index (χ1v) is 29.0. The summed E-state index contributed by atoms with van der Waals surface area (Å²) in [5.41, 5.74) is 13.0. The zero-order valence-electron chi connectivity index (χ0n) is 50.6. The van der Waals surface area contributed by atoms with E-state index in [2.05, 4.69) is 234 Å². The average molecular weight is 1200 g/mol. The third-order valence-electron chi connectivity index (χ3n) is 13.3. The van der Waals surface area contributed by atoms with Gasteiger partial charge < -0.3 is 8.83 Å². The second-order valence-electron chi connectivity index (χ2n) is 25.6. The number of aromatic nitrogens is 10. The van der Waals surface area contributed by atoms with Crippen LogP contribution in [0.3, 0.4) is 0 Å². The lowest BCUT2D eigenvalue weighted by Gasteiger charge is -2.20. The minimum absolute atomic E-state index is 0. The molecule has 0 aliphatic heterocycles. The molecule has 13 aromatic rings.